The Morgan fingerprint density at radius 2 is 1.94 bits per heavy atom. The zero-order valence-electron chi connectivity index (χ0n) is 19.4. The fourth-order valence-electron chi connectivity index (χ4n) is 4.23. The van der Waals surface area contributed by atoms with Gasteiger partial charge in [-0.15, -0.1) is 0 Å². The molecule has 5 rings (SSSR count). The molecule has 0 bridgehead atoms. The van der Waals surface area contributed by atoms with E-state index in [1.165, 1.54) is 24.8 Å². The summed E-state index contributed by atoms with van der Waals surface area (Å²) < 4.78 is 7.90. The topological polar surface area (TPSA) is 71.8 Å². The van der Waals surface area contributed by atoms with E-state index in [4.69, 9.17) is 4.74 Å². The fraction of sp³-hybridized carbons (Fsp3) is 0.296. The van der Waals surface area contributed by atoms with Crippen molar-refractivity contribution in [2.24, 2.45) is 0 Å². The normalized spacial score (nSPS) is 13.7. The van der Waals surface area contributed by atoms with Gasteiger partial charge in [0, 0.05) is 43.8 Å². The third-order valence-electron chi connectivity index (χ3n) is 6.07. The minimum atomic E-state index is -0.145. The molecule has 1 aromatic carbocycles. The van der Waals surface area contributed by atoms with Gasteiger partial charge in [0.25, 0.3) is 5.91 Å². The Labute approximate surface area is 199 Å². The van der Waals surface area contributed by atoms with Crippen molar-refractivity contribution < 1.29 is 9.53 Å². The Kier molecular flexibility index (Phi) is 6.42. The Morgan fingerprint density at radius 1 is 1.06 bits per heavy atom. The fourth-order valence-corrected chi connectivity index (χ4v) is 4.23. The van der Waals surface area contributed by atoms with Crippen LogP contribution in [-0.2, 0) is 13.2 Å². The van der Waals surface area contributed by atoms with Gasteiger partial charge in [-0.05, 0) is 67.6 Å². The molecule has 0 unspecified atom stereocenters. The lowest BCUT2D eigenvalue weighted by Crippen LogP contribution is -2.30. The number of rotatable bonds is 7. The first kappa shape index (κ1) is 21.9. The first-order chi connectivity index (χ1) is 16.6. The van der Waals surface area contributed by atoms with Crippen molar-refractivity contribution in [3.63, 3.8) is 0 Å². The highest BCUT2D eigenvalue weighted by Gasteiger charge is 2.12. The van der Waals surface area contributed by atoms with E-state index in [1.54, 1.807) is 12.1 Å². The number of carbonyl (C=O) groups excluding carboxylic acids is 1. The molecule has 1 saturated heterocycles. The standard InChI is InChI=1S/C27H29N5O2/c1-20-8-10-26-30-23(18-32(26)17-20)19-34-24-7-5-6-22(14-24)27(33)29-16-21-9-11-25(28-15-21)31-12-3-2-4-13-31/h5-11,14-15,17-18H,2-4,12-13,16,19H2,1H3,(H,29,33). The van der Waals surface area contributed by atoms with E-state index in [-0.39, 0.29) is 5.91 Å². The number of ether oxygens (including phenoxy) is 1. The predicted molar refractivity (Wildman–Crippen MR) is 132 cm³/mol. The highest BCUT2D eigenvalue weighted by molar-refractivity contribution is 5.94. The molecule has 0 radical (unpaired) electrons. The van der Waals surface area contributed by atoms with E-state index in [9.17, 15) is 4.79 Å². The van der Waals surface area contributed by atoms with Crippen LogP contribution in [0.25, 0.3) is 5.65 Å². The largest absolute Gasteiger partial charge is 0.487 e. The Hall–Kier alpha value is -3.87. The lowest BCUT2D eigenvalue weighted by molar-refractivity contribution is 0.0950. The molecule has 0 saturated carbocycles. The quantitative estimate of drug-likeness (QED) is 0.443. The van der Waals surface area contributed by atoms with Crippen LogP contribution in [0.15, 0.2) is 67.1 Å². The number of aromatic nitrogens is 3. The summed E-state index contributed by atoms with van der Waals surface area (Å²) in [4.78, 5) is 24.2. The summed E-state index contributed by atoms with van der Waals surface area (Å²) in [5.41, 5.74) is 4.42. The number of piperidine rings is 1. The van der Waals surface area contributed by atoms with Gasteiger partial charge in [-0.1, -0.05) is 18.2 Å². The molecule has 0 aliphatic carbocycles. The average Bonchev–Trinajstić information content (AvgIpc) is 3.29. The molecule has 0 spiro atoms. The summed E-state index contributed by atoms with van der Waals surface area (Å²) in [6, 6.07) is 15.3. The lowest BCUT2D eigenvalue weighted by Gasteiger charge is -2.27. The van der Waals surface area contributed by atoms with Gasteiger partial charge in [0.2, 0.25) is 0 Å². The minimum absolute atomic E-state index is 0.145. The molecule has 1 N–H and O–H groups in total. The predicted octanol–water partition coefficient (Wildman–Crippen LogP) is 4.54. The molecule has 34 heavy (non-hydrogen) atoms. The molecule has 174 valence electrons. The Morgan fingerprint density at radius 3 is 2.76 bits per heavy atom. The van der Waals surface area contributed by atoms with Gasteiger partial charge in [0.15, 0.2) is 0 Å². The number of anilines is 1. The molecular weight excluding hydrogens is 426 g/mol. The molecule has 7 nitrogen and oxygen atoms in total. The number of imidazole rings is 1. The zero-order chi connectivity index (χ0) is 23.3. The summed E-state index contributed by atoms with van der Waals surface area (Å²) in [6.45, 7) is 4.95. The van der Waals surface area contributed by atoms with E-state index >= 15 is 0 Å². The van der Waals surface area contributed by atoms with Gasteiger partial charge < -0.3 is 19.4 Å². The first-order valence-electron chi connectivity index (χ1n) is 11.8. The molecular formula is C27H29N5O2. The van der Waals surface area contributed by atoms with Gasteiger partial charge in [-0.2, -0.15) is 0 Å². The van der Waals surface area contributed by atoms with E-state index in [2.05, 4.69) is 20.2 Å². The van der Waals surface area contributed by atoms with Crippen LogP contribution in [0.4, 0.5) is 5.82 Å². The number of fused-ring (bicyclic) bond motifs is 1. The van der Waals surface area contributed by atoms with Crippen molar-refractivity contribution in [3.8, 4) is 5.75 Å². The molecule has 1 amide bonds. The number of nitrogens with one attached hydrogen (secondary N) is 1. The Balaban J connectivity index is 1.16. The second-order valence-corrected chi connectivity index (χ2v) is 8.78. The Bertz CT molecular complexity index is 1280. The van der Waals surface area contributed by atoms with Crippen molar-refractivity contribution in [3.05, 3.63) is 89.5 Å². The van der Waals surface area contributed by atoms with E-state index in [0.717, 1.165) is 35.8 Å². The average molecular weight is 456 g/mol. The number of amides is 1. The summed E-state index contributed by atoms with van der Waals surface area (Å²) >= 11 is 0. The zero-order valence-corrected chi connectivity index (χ0v) is 19.4. The van der Waals surface area contributed by atoms with Gasteiger partial charge in [-0.25, -0.2) is 9.97 Å². The van der Waals surface area contributed by atoms with Gasteiger partial charge in [0.05, 0.1) is 5.69 Å². The maximum Gasteiger partial charge on any atom is 0.251 e. The minimum Gasteiger partial charge on any atom is -0.487 e. The van der Waals surface area contributed by atoms with Crippen LogP contribution >= 0.6 is 0 Å². The van der Waals surface area contributed by atoms with Crippen LogP contribution < -0.4 is 15.0 Å². The molecule has 1 aliphatic heterocycles. The summed E-state index contributed by atoms with van der Waals surface area (Å²) in [5.74, 6) is 1.50. The molecule has 3 aromatic heterocycles. The van der Waals surface area contributed by atoms with Gasteiger partial charge >= 0.3 is 0 Å². The second-order valence-electron chi connectivity index (χ2n) is 8.78. The van der Waals surface area contributed by atoms with Gasteiger partial charge in [-0.3, -0.25) is 4.79 Å². The number of benzene rings is 1. The number of hydrogen-bond acceptors (Lipinski definition) is 5. The number of aryl methyl sites for hydroxylation is 1. The third kappa shape index (κ3) is 5.20. The highest BCUT2D eigenvalue weighted by Crippen LogP contribution is 2.18. The highest BCUT2D eigenvalue weighted by atomic mass is 16.5. The van der Waals surface area contributed by atoms with Crippen LogP contribution in [0.5, 0.6) is 5.75 Å². The lowest BCUT2D eigenvalue weighted by atomic mass is 10.1. The number of hydrogen-bond donors (Lipinski definition) is 1. The maximum atomic E-state index is 12.7. The molecule has 1 fully saturated rings. The summed E-state index contributed by atoms with van der Waals surface area (Å²) in [5, 5.41) is 2.97. The van der Waals surface area contributed by atoms with Crippen molar-refractivity contribution in [1.29, 1.82) is 0 Å². The second kappa shape index (κ2) is 9.95. The van der Waals surface area contributed by atoms with Crippen molar-refractivity contribution in [1.82, 2.24) is 19.7 Å². The van der Waals surface area contributed by atoms with Crippen LogP contribution in [0.1, 0.15) is 46.4 Å². The van der Waals surface area contributed by atoms with Gasteiger partial charge in [0.1, 0.15) is 23.8 Å². The molecule has 4 aromatic rings. The van der Waals surface area contributed by atoms with Crippen molar-refractivity contribution in [2.75, 3.05) is 18.0 Å². The van der Waals surface area contributed by atoms with Crippen molar-refractivity contribution in [2.45, 2.75) is 39.3 Å². The molecule has 1 aliphatic rings. The summed E-state index contributed by atoms with van der Waals surface area (Å²) in [6.07, 6.45) is 9.59. The van der Waals surface area contributed by atoms with Crippen LogP contribution in [0.2, 0.25) is 0 Å². The molecule has 0 atom stereocenters. The van der Waals surface area contributed by atoms with Crippen LogP contribution in [0, 0.1) is 6.92 Å². The van der Waals surface area contributed by atoms with Crippen LogP contribution in [0.3, 0.4) is 0 Å². The third-order valence-corrected chi connectivity index (χ3v) is 6.07. The van der Waals surface area contributed by atoms with E-state index < -0.39 is 0 Å². The maximum absolute atomic E-state index is 12.7. The number of nitrogens with zero attached hydrogens (tertiary/aromatic N) is 4. The molecule has 4 heterocycles. The number of carbonyl (C=O) groups is 1. The first-order valence-corrected chi connectivity index (χ1v) is 11.8. The van der Waals surface area contributed by atoms with Crippen LogP contribution in [-0.4, -0.2) is 33.4 Å². The monoisotopic (exact) mass is 455 g/mol. The summed E-state index contributed by atoms with van der Waals surface area (Å²) in [7, 11) is 0. The molecule has 7 heteroatoms. The van der Waals surface area contributed by atoms with E-state index in [1.807, 2.05) is 66.3 Å². The number of pyridine rings is 2. The SMILES string of the molecule is Cc1ccc2nc(COc3cccc(C(=O)NCc4ccc(N5CCCCC5)nc4)c3)cn2c1. The smallest absolute Gasteiger partial charge is 0.251 e. The van der Waals surface area contributed by atoms with E-state index in [0.29, 0.717) is 24.5 Å². The van der Waals surface area contributed by atoms with Crippen molar-refractivity contribution >= 4 is 17.4 Å².